The zero-order valence-electron chi connectivity index (χ0n) is 13.8. The van der Waals surface area contributed by atoms with E-state index in [2.05, 4.69) is 10.0 Å². The molecule has 0 saturated carbocycles. The maximum absolute atomic E-state index is 11.8. The van der Waals surface area contributed by atoms with Crippen LogP contribution in [0.15, 0.2) is 24.3 Å². The lowest BCUT2D eigenvalue weighted by molar-refractivity contribution is -0.120. The van der Waals surface area contributed by atoms with Gasteiger partial charge in [-0.1, -0.05) is 25.5 Å². The van der Waals surface area contributed by atoms with E-state index in [4.69, 9.17) is 4.74 Å². The van der Waals surface area contributed by atoms with Crippen LogP contribution in [0.4, 0.5) is 0 Å². The predicted molar refractivity (Wildman–Crippen MR) is 91.0 cm³/mol. The Morgan fingerprint density at radius 1 is 1.13 bits per heavy atom. The van der Waals surface area contributed by atoms with Crippen molar-refractivity contribution >= 4 is 15.9 Å². The number of hydrogen-bond acceptors (Lipinski definition) is 4. The largest absolute Gasteiger partial charge is 0.494 e. The molecule has 1 amide bonds. The molecule has 0 aliphatic heterocycles. The first kappa shape index (κ1) is 19.4. The van der Waals surface area contributed by atoms with Gasteiger partial charge in [-0.15, -0.1) is 0 Å². The van der Waals surface area contributed by atoms with E-state index < -0.39 is 10.0 Å². The maximum Gasteiger partial charge on any atom is 0.224 e. The highest BCUT2D eigenvalue weighted by atomic mass is 32.2. The first-order valence-corrected chi connectivity index (χ1v) is 9.58. The fourth-order valence-electron chi connectivity index (χ4n) is 1.93. The highest BCUT2D eigenvalue weighted by Gasteiger charge is 2.09. The van der Waals surface area contributed by atoms with E-state index in [9.17, 15) is 13.2 Å². The van der Waals surface area contributed by atoms with Gasteiger partial charge in [0.25, 0.3) is 0 Å². The molecule has 0 bridgehead atoms. The third-order valence-electron chi connectivity index (χ3n) is 3.13. The molecule has 6 nitrogen and oxygen atoms in total. The first-order valence-electron chi connectivity index (χ1n) is 7.92. The predicted octanol–water partition coefficient (Wildman–Crippen LogP) is 1.46. The smallest absolute Gasteiger partial charge is 0.224 e. The van der Waals surface area contributed by atoms with Crippen LogP contribution >= 0.6 is 0 Å². The normalized spacial score (nSPS) is 11.2. The van der Waals surface area contributed by atoms with Crippen LogP contribution in [0.1, 0.15) is 32.3 Å². The Balaban J connectivity index is 2.26. The summed E-state index contributed by atoms with van der Waals surface area (Å²) in [6.07, 6.45) is 1.73. The first-order chi connectivity index (χ1) is 11.0. The van der Waals surface area contributed by atoms with E-state index in [0.717, 1.165) is 17.7 Å². The van der Waals surface area contributed by atoms with Gasteiger partial charge in [0.05, 0.1) is 18.8 Å². The Labute approximate surface area is 138 Å². The summed E-state index contributed by atoms with van der Waals surface area (Å²) in [5.74, 6) is 0.768. The van der Waals surface area contributed by atoms with E-state index in [-0.39, 0.29) is 31.2 Å². The second-order valence-corrected chi connectivity index (χ2v) is 7.10. The summed E-state index contributed by atoms with van der Waals surface area (Å²) in [5, 5.41) is 2.70. The lowest BCUT2D eigenvalue weighted by atomic mass is 10.1. The van der Waals surface area contributed by atoms with E-state index in [1.54, 1.807) is 0 Å². The van der Waals surface area contributed by atoms with Gasteiger partial charge in [0.1, 0.15) is 5.75 Å². The average Bonchev–Trinajstić information content (AvgIpc) is 2.52. The van der Waals surface area contributed by atoms with Crippen molar-refractivity contribution in [2.45, 2.75) is 33.1 Å². The highest BCUT2D eigenvalue weighted by molar-refractivity contribution is 7.89. The number of carbonyl (C=O) groups excluding carboxylic acids is 1. The van der Waals surface area contributed by atoms with Crippen molar-refractivity contribution in [3.8, 4) is 5.75 Å². The molecule has 130 valence electrons. The molecule has 0 aliphatic carbocycles. The van der Waals surface area contributed by atoms with Crippen LogP contribution < -0.4 is 14.8 Å². The maximum atomic E-state index is 11.8. The number of rotatable bonds is 11. The lowest BCUT2D eigenvalue weighted by Crippen LogP contribution is -2.36. The minimum absolute atomic E-state index is 0.129. The number of nitrogens with one attached hydrogen (secondary N) is 2. The second-order valence-electron chi connectivity index (χ2n) is 5.17. The highest BCUT2D eigenvalue weighted by Crippen LogP contribution is 2.12. The van der Waals surface area contributed by atoms with Gasteiger partial charge in [0.15, 0.2) is 0 Å². The van der Waals surface area contributed by atoms with Crippen molar-refractivity contribution in [3.63, 3.8) is 0 Å². The monoisotopic (exact) mass is 342 g/mol. The molecule has 1 rings (SSSR count). The summed E-state index contributed by atoms with van der Waals surface area (Å²) in [4.78, 5) is 11.8. The molecule has 0 aromatic heterocycles. The molecule has 0 spiro atoms. The van der Waals surface area contributed by atoms with Crippen LogP contribution in [-0.2, 0) is 21.2 Å². The Morgan fingerprint density at radius 3 is 2.43 bits per heavy atom. The lowest BCUT2D eigenvalue weighted by Gasteiger charge is -2.08. The summed E-state index contributed by atoms with van der Waals surface area (Å²) in [6, 6.07) is 7.35. The topological polar surface area (TPSA) is 84.5 Å². The van der Waals surface area contributed by atoms with Gasteiger partial charge in [-0.25, -0.2) is 13.1 Å². The van der Waals surface area contributed by atoms with Crippen molar-refractivity contribution in [3.05, 3.63) is 29.8 Å². The van der Waals surface area contributed by atoms with E-state index >= 15 is 0 Å². The van der Waals surface area contributed by atoms with Gasteiger partial charge in [0.2, 0.25) is 15.9 Å². The van der Waals surface area contributed by atoms with Crippen LogP contribution in [0.2, 0.25) is 0 Å². The number of amides is 1. The Kier molecular flexibility index (Phi) is 8.65. The number of hydrogen-bond donors (Lipinski definition) is 2. The Hall–Kier alpha value is -1.60. The third-order valence-corrected chi connectivity index (χ3v) is 4.60. The van der Waals surface area contributed by atoms with E-state index in [1.165, 1.54) is 0 Å². The molecule has 0 radical (unpaired) electrons. The van der Waals surface area contributed by atoms with Gasteiger partial charge in [-0.05, 0) is 31.0 Å². The molecule has 7 heteroatoms. The molecule has 0 fully saturated rings. The van der Waals surface area contributed by atoms with Crippen LogP contribution in [0, 0.1) is 0 Å². The van der Waals surface area contributed by atoms with Crippen molar-refractivity contribution in [2.75, 3.05) is 25.4 Å². The van der Waals surface area contributed by atoms with Gasteiger partial charge in [0, 0.05) is 13.1 Å². The zero-order chi connectivity index (χ0) is 17.1. The third kappa shape index (κ3) is 8.56. The summed E-state index contributed by atoms with van der Waals surface area (Å²) < 4.78 is 31.0. The van der Waals surface area contributed by atoms with Gasteiger partial charge < -0.3 is 10.1 Å². The second kappa shape index (κ2) is 10.2. The molecule has 0 heterocycles. The standard InChI is InChI=1S/C16H26N2O4S/c1-3-5-12-23(20,21)18-11-10-17-16(19)13-14-6-8-15(9-7-14)22-4-2/h6-9,18H,3-5,10-13H2,1-2H3,(H,17,19). The number of ether oxygens (including phenoxy) is 1. The fraction of sp³-hybridized carbons (Fsp3) is 0.562. The average molecular weight is 342 g/mol. The van der Waals surface area contributed by atoms with E-state index in [1.807, 2.05) is 38.1 Å². The van der Waals surface area contributed by atoms with Crippen molar-refractivity contribution in [2.24, 2.45) is 0 Å². The van der Waals surface area contributed by atoms with E-state index in [0.29, 0.717) is 13.0 Å². The van der Waals surface area contributed by atoms with Crippen LogP contribution in [0.3, 0.4) is 0 Å². The fourth-order valence-corrected chi connectivity index (χ4v) is 3.16. The number of benzene rings is 1. The molecular weight excluding hydrogens is 316 g/mol. The molecule has 1 aromatic carbocycles. The minimum Gasteiger partial charge on any atom is -0.494 e. The van der Waals surface area contributed by atoms with Crippen molar-refractivity contribution < 1.29 is 17.9 Å². The summed E-state index contributed by atoms with van der Waals surface area (Å²) in [6.45, 7) is 4.95. The van der Waals surface area contributed by atoms with Crippen molar-refractivity contribution in [1.82, 2.24) is 10.0 Å². The quantitative estimate of drug-likeness (QED) is 0.596. The van der Waals surface area contributed by atoms with Gasteiger partial charge in [-0.3, -0.25) is 4.79 Å². The molecule has 0 aliphatic rings. The Morgan fingerprint density at radius 2 is 1.83 bits per heavy atom. The molecule has 0 atom stereocenters. The molecular formula is C16H26N2O4S. The van der Waals surface area contributed by atoms with Gasteiger partial charge in [-0.2, -0.15) is 0 Å². The van der Waals surface area contributed by atoms with Crippen LogP contribution in [0.5, 0.6) is 5.75 Å². The Bertz CT molecular complexity index is 570. The summed E-state index contributed by atoms with van der Waals surface area (Å²) in [7, 11) is -3.23. The molecule has 0 saturated heterocycles. The van der Waals surface area contributed by atoms with Crippen LogP contribution in [-0.4, -0.2) is 39.8 Å². The minimum atomic E-state index is -3.23. The van der Waals surface area contributed by atoms with Crippen LogP contribution in [0.25, 0.3) is 0 Å². The zero-order valence-corrected chi connectivity index (χ0v) is 14.6. The SMILES string of the molecule is CCCCS(=O)(=O)NCCNC(=O)Cc1ccc(OCC)cc1. The van der Waals surface area contributed by atoms with Gasteiger partial charge >= 0.3 is 0 Å². The number of carbonyl (C=O) groups is 1. The molecule has 23 heavy (non-hydrogen) atoms. The summed E-state index contributed by atoms with van der Waals surface area (Å²) >= 11 is 0. The summed E-state index contributed by atoms with van der Waals surface area (Å²) in [5.41, 5.74) is 0.884. The molecule has 1 aromatic rings. The number of unbranched alkanes of at least 4 members (excludes halogenated alkanes) is 1. The van der Waals surface area contributed by atoms with Crippen molar-refractivity contribution in [1.29, 1.82) is 0 Å². The number of sulfonamides is 1. The molecule has 2 N–H and O–H groups in total. The molecule has 0 unspecified atom stereocenters.